The van der Waals surface area contributed by atoms with Crippen LogP contribution in [0.25, 0.3) is 0 Å². The molecule has 0 saturated carbocycles. The minimum atomic E-state index is 0.488. The molecule has 0 radical (unpaired) electrons. The maximum absolute atomic E-state index is 4.41. The molecule has 110 valence electrons. The molecular weight excluding hydrogens is 238 g/mol. The highest BCUT2D eigenvalue weighted by Gasteiger charge is 2.13. The Hall–Kier alpha value is -0.940. The van der Waals surface area contributed by atoms with Gasteiger partial charge in [-0.25, -0.2) is 4.98 Å². The van der Waals surface area contributed by atoms with Crippen molar-refractivity contribution < 1.29 is 0 Å². The van der Waals surface area contributed by atoms with Crippen molar-refractivity contribution in [3.8, 4) is 0 Å². The molecular formula is C14H29N5. The topological polar surface area (TPSA) is 46.0 Å². The summed E-state index contributed by atoms with van der Waals surface area (Å²) in [5.41, 5.74) is 0. The van der Waals surface area contributed by atoms with Gasteiger partial charge in [-0.05, 0) is 46.4 Å². The summed E-state index contributed by atoms with van der Waals surface area (Å²) in [6.45, 7) is 7.51. The summed E-state index contributed by atoms with van der Waals surface area (Å²) in [7, 11) is 4.24. The molecule has 0 aromatic carbocycles. The van der Waals surface area contributed by atoms with E-state index in [1.807, 2.05) is 4.68 Å². The molecule has 0 fully saturated rings. The summed E-state index contributed by atoms with van der Waals surface area (Å²) in [6, 6.07) is 0.488. The predicted octanol–water partition coefficient (Wildman–Crippen LogP) is 1.55. The van der Waals surface area contributed by atoms with Gasteiger partial charge in [-0.2, -0.15) is 5.10 Å². The number of hydrogen-bond acceptors (Lipinski definition) is 4. The van der Waals surface area contributed by atoms with E-state index >= 15 is 0 Å². The number of nitrogens with zero attached hydrogens (tertiary/aromatic N) is 4. The van der Waals surface area contributed by atoms with Gasteiger partial charge in [0, 0.05) is 19.0 Å². The van der Waals surface area contributed by atoms with Gasteiger partial charge >= 0.3 is 0 Å². The second kappa shape index (κ2) is 9.04. The fourth-order valence-electron chi connectivity index (χ4n) is 2.10. The lowest BCUT2D eigenvalue weighted by Crippen LogP contribution is -2.35. The van der Waals surface area contributed by atoms with Crippen LogP contribution in [-0.4, -0.2) is 52.9 Å². The molecule has 0 aliphatic heterocycles. The number of hydrogen-bond donors (Lipinski definition) is 1. The fraction of sp³-hybridized carbons (Fsp3) is 0.857. The molecule has 1 unspecified atom stereocenters. The summed E-state index contributed by atoms with van der Waals surface area (Å²) in [6.07, 6.45) is 6.05. The van der Waals surface area contributed by atoms with E-state index in [1.165, 1.54) is 6.42 Å². The number of nitrogens with one attached hydrogen (secondary N) is 1. The predicted molar refractivity (Wildman–Crippen MR) is 79.3 cm³/mol. The molecule has 1 atom stereocenters. The molecule has 5 nitrogen and oxygen atoms in total. The van der Waals surface area contributed by atoms with Crippen LogP contribution in [0.15, 0.2) is 6.33 Å². The van der Waals surface area contributed by atoms with Crippen LogP contribution in [-0.2, 0) is 13.0 Å². The number of aryl methyl sites for hydroxylation is 1. The standard InChI is InChI=1S/C14H29N5/c1-5-8-15-13(7-10-18(3)4)11-14-16-12-17-19(14)9-6-2/h12-13,15H,5-11H2,1-4H3. The highest BCUT2D eigenvalue weighted by molar-refractivity contribution is 4.90. The molecule has 0 amide bonds. The highest BCUT2D eigenvalue weighted by atomic mass is 15.3. The van der Waals surface area contributed by atoms with Crippen LogP contribution < -0.4 is 5.32 Å². The Bertz CT molecular complexity index is 334. The number of aromatic nitrogens is 3. The second-order valence-electron chi connectivity index (χ2n) is 5.35. The van der Waals surface area contributed by atoms with Gasteiger partial charge in [0.2, 0.25) is 0 Å². The third-order valence-electron chi connectivity index (χ3n) is 3.17. The Kier molecular flexibility index (Phi) is 7.67. The summed E-state index contributed by atoms with van der Waals surface area (Å²) >= 11 is 0. The van der Waals surface area contributed by atoms with Crippen molar-refractivity contribution in [2.45, 2.75) is 52.1 Å². The lowest BCUT2D eigenvalue weighted by molar-refractivity contribution is 0.351. The molecule has 1 aromatic heterocycles. The van der Waals surface area contributed by atoms with Gasteiger partial charge in [0.05, 0.1) is 0 Å². The van der Waals surface area contributed by atoms with Gasteiger partial charge < -0.3 is 10.2 Å². The first kappa shape index (κ1) is 16.1. The van der Waals surface area contributed by atoms with E-state index in [2.05, 4.69) is 48.2 Å². The first-order valence-corrected chi connectivity index (χ1v) is 7.42. The molecule has 0 saturated heterocycles. The lowest BCUT2D eigenvalue weighted by atomic mass is 10.1. The smallest absolute Gasteiger partial charge is 0.138 e. The van der Waals surface area contributed by atoms with Crippen LogP contribution in [0, 0.1) is 0 Å². The normalized spacial score (nSPS) is 13.1. The van der Waals surface area contributed by atoms with E-state index < -0.39 is 0 Å². The Balaban J connectivity index is 2.56. The summed E-state index contributed by atoms with van der Waals surface area (Å²) in [4.78, 5) is 6.64. The maximum atomic E-state index is 4.41. The number of rotatable bonds is 10. The zero-order chi connectivity index (χ0) is 14.1. The zero-order valence-corrected chi connectivity index (χ0v) is 12.9. The fourth-order valence-corrected chi connectivity index (χ4v) is 2.10. The van der Waals surface area contributed by atoms with Crippen molar-refractivity contribution in [3.05, 3.63) is 12.2 Å². The van der Waals surface area contributed by atoms with Crippen LogP contribution in [0.4, 0.5) is 0 Å². The Morgan fingerprint density at radius 1 is 1.32 bits per heavy atom. The second-order valence-corrected chi connectivity index (χ2v) is 5.35. The van der Waals surface area contributed by atoms with Crippen LogP contribution in [0.2, 0.25) is 0 Å². The van der Waals surface area contributed by atoms with E-state index in [9.17, 15) is 0 Å². The minimum Gasteiger partial charge on any atom is -0.313 e. The molecule has 5 heteroatoms. The van der Waals surface area contributed by atoms with Crippen LogP contribution >= 0.6 is 0 Å². The van der Waals surface area contributed by atoms with E-state index in [4.69, 9.17) is 0 Å². The maximum Gasteiger partial charge on any atom is 0.138 e. The molecule has 1 N–H and O–H groups in total. The van der Waals surface area contributed by atoms with E-state index in [-0.39, 0.29) is 0 Å². The lowest BCUT2D eigenvalue weighted by Gasteiger charge is -2.20. The van der Waals surface area contributed by atoms with Crippen LogP contribution in [0.3, 0.4) is 0 Å². The summed E-state index contributed by atoms with van der Waals surface area (Å²) in [5, 5.41) is 7.93. The van der Waals surface area contributed by atoms with Crippen LogP contribution in [0.5, 0.6) is 0 Å². The largest absolute Gasteiger partial charge is 0.313 e. The molecule has 0 aliphatic rings. The molecule has 0 spiro atoms. The van der Waals surface area contributed by atoms with Crippen molar-refractivity contribution in [1.29, 1.82) is 0 Å². The van der Waals surface area contributed by atoms with Gasteiger partial charge in [0.25, 0.3) is 0 Å². The first-order valence-electron chi connectivity index (χ1n) is 7.42. The quantitative estimate of drug-likeness (QED) is 0.699. The molecule has 19 heavy (non-hydrogen) atoms. The third-order valence-corrected chi connectivity index (χ3v) is 3.17. The monoisotopic (exact) mass is 267 g/mol. The Morgan fingerprint density at radius 2 is 2.11 bits per heavy atom. The molecule has 0 aliphatic carbocycles. The van der Waals surface area contributed by atoms with Crippen molar-refractivity contribution >= 4 is 0 Å². The molecule has 1 heterocycles. The van der Waals surface area contributed by atoms with Gasteiger partial charge in [-0.1, -0.05) is 13.8 Å². The average Bonchev–Trinajstić information content (AvgIpc) is 2.80. The molecule has 1 aromatic rings. The van der Waals surface area contributed by atoms with Crippen molar-refractivity contribution in [2.75, 3.05) is 27.2 Å². The van der Waals surface area contributed by atoms with Crippen LogP contribution in [0.1, 0.15) is 38.9 Å². The van der Waals surface area contributed by atoms with Gasteiger partial charge in [0.1, 0.15) is 12.2 Å². The SMILES string of the molecule is CCCNC(CCN(C)C)Cc1ncnn1CCC. The van der Waals surface area contributed by atoms with Crippen molar-refractivity contribution in [1.82, 2.24) is 25.0 Å². The van der Waals surface area contributed by atoms with Crippen molar-refractivity contribution in [2.24, 2.45) is 0 Å². The van der Waals surface area contributed by atoms with Gasteiger partial charge in [-0.3, -0.25) is 4.68 Å². The summed E-state index contributed by atoms with van der Waals surface area (Å²) < 4.78 is 2.04. The minimum absolute atomic E-state index is 0.488. The molecule has 0 bridgehead atoms. The summed E-state index contributed by atoms with van der Waals surface area (Å²) in [5.74, 6) is 1.11. The third kappa shape index (κ3) is 6.16. The van der Waals surface area contributed by atoms with Gasteiger partial charge in [-0.15, -0.1) is 0 Å². The average molecular weight is 267 g/mol. The highest BCUT2D eigenvalue weighted by Crippen LogP contribution is 2.05. The first-order chi connectivity index (χ1) is 9.17. The van der Waals surface area contributed by atoms with E-state index in [0.717, 1.165) is 44.7 Å². The van der Waals surface area contributed by atoms with Gasteiger partial charge in [0.15, 0.2) is 0 Å². The van der Waals surface area contributed by atoms with Crippen molar-refractivity contribution in [3.63, 3.8) is 0 Å². The zero-order valence-electron chi connectivity index (χ0n) is 12.9. The van der Waals surface area contributed by atoms with E-state index in [1.54, 1.807) is 6.33 Å². The Labute approximate surface area is 117 Å². The van der Waals surface area contributed by atoms with E-state index in [0.29, 0.717) is 6.04 Å². The Morgan fingerprint density at radius 3 is 2.74 bits per heavy atom. The molecule has 1 rings (SSSR count).